The molecule has 0 saturated carbocycles. The lowest BCUT2D eigenvalue weighted by atomic mass is 10.0. The zero-order valence-corrected chi connectivity index (χ0v) is 46.0. The van der Waals surface area contributed by atoms with Crippen LogP contribution in [0.3, 0.4) is 0 Å². The summed E-state index contributed by atoms with van der Waals surface area (Å²) in [7, 11) is 0. The van der Waals surface area contributed by atoms with Crippen molar-refractivity contribution < 1.29 is 28.6 Å². The van der Waals surface area contributed by atoms with E-state index in [2.05, 4.69) is 106 Å². The zero-order chi connectivity index (χ0) is 50.7. The van der Waals surface area contributed by atoms with Gasteiger partial charge in [-0.05, 0) is 70.6 Å². The van der Waals surface area contributed by atoms with Crippen LogP contribution in [-0.4, -0.2) is 37.2 Å². The summed E-state index contributed by atoms with van der Waals surface area (Å²) >= 11 is 0. The van der Waals surface area contributed by atoms with Crippen molar-refractivity contribution in [2.24, 2.45) is 0 Å². The average Bonchev–Trinajstić information content (AvgIpc) is 3.36. The predicted molar refractivity (Wildman–Crippen MR) is 302 cm³/mol. The summed E-state index contributed by atoms with van der Waals surface area (Å²) in [5.74, 6) is -0.942. The van der Waals surface area contributed by atoms with Crippen molar-refractivity contribution in [2.45, 2.75) is 290 Å². The molecule has 0 aromatic carbocycles. The van der Waals surface area contributed by atoms with Gasteiger partial charge >= 0.3 is 17.9 Å². The van der Waals surface area contributed by atoms with Crippen LogP contribution in [0.15, 0.2) is 85.1 Å². The molecule has 0 aliphatic carbocycles. The molecule has 1 unspecified atom stereocenters. The lowest BCUT2D eigenvalue weighted by Crippen LogP contribution is -2.30. The SMILES string of the molecule is CC/C=C\C/C=C\C/C=C\C/C=C\C/C=C\C/C=C\C/C=C\CCCC(=O)OCC(COC(=O)CCCCCCCCCCCCCCC)OC(=O)CCCCCCCCCCCCCCCCCC. The Kier molecular flexibility index (Phi) is 55.3. The minimum Gasteiger partial charge on any atom is -0.462 e. The van der Waals surface area contributed by atoms with Gasteiger partial charge in [0.25, 0.3) is 0 Å². The highest BCUT2D eigenvalue weighted by Crippen LogP contribution is 2.16. The Balaban J connectivity index is 4.44. The summed E-state index contributed by atoms with van der Waals surface area (Å²) in [6.07, 6.45) is 75.8. The number of carbonyl (C=O) groups is 3. The van der Waals surface area contributed by atoms with Gasteiger partial charge in [-0.25, -0.2) is 0 Å². The van der Waals surface area contributed by atoms with Crippen molar-refractivity contribution in [2.75, 3.05) is 13.2 Å². The first-order valence-electron chi connectivity index (χ1n) is 29.6. The van der Waals surface area contributed by atoms with Gasteiger partial charge in [-0.15, -0.1) is 0 Å². The third kappa shape index (κ3) is 55.5. The monoisotopic (exact) mass is 975 g/mol. The molecule has 0 heterocycles. The van der Waals surface area contributed by atoms with Crippen LogP contribution in [0.4, 0.5) is 0 Å². The van der Waals surface area contributed by atoms with E-state index in [-0.39, 0.29) is 37.5 Å². The number of carbonyl (C=O) groups excluding carboxylic acids is 3. The summed E-state index contributed by atoms with van der Waals surface area (Å²) in [6.45, 7) is 6.50. The number of hydrogen-bond donors (Lipinski definition) is 0. The summed E-state index contributed by atoms with van der Waals surface area (Å²) in [5, 5.41) is 0. The van der Waals surface area contributed by atoms with Gasteiger partial charge in [0.15, 0.2) is 6.10 Å². The molecular weight excluding hydrogens is 865 g/mol. The maximum atomic E-state index is 12.9. The number of hydrogen-bond acceptors (Lipinski definition) is 6. The van der Waals surface area contributed by atoms with Crippen LogP contribution >= 0.6 is 0 Å². The number of rotatable bonds is 53. The van der Waals surface area contributed by atoms with Crippen LogP contribution in [0.25, 0.3) is 0 Å². The summed E-state index contributed by atoms with van der Waals surface area (Å²) in [6, 6.07) is 0. The van der Waals surface area contributed by atoms with E-state index >= 15 is 0 Å². The Morgan fingerprint density at radius 2 is 0.557 bits per heavy atom. The molecule has 0 rings (SSSR count). The smallest absolute Gasteiger partial charge is 0.306 e. The Labute approximate surface area is 433 Å². The molecule has 0 aliphatic rings. The molecule has 0 fully saturated rings. The predicted octanol–water partition coefficient (Wildman–Crippen LogP) is 19.9. The molecule has 6 nitrogen and oxygen atoms in total. The van der Waals surface area contributed by atoms with Crippen molar-refractivity contribution in [3.8, 4) is 0 Å². The van der Waals surface area contributed by atoms with E-state index in [1.165, 1.54) is 148 Å². The molecule has 402 valence electrons. The third-order valence-electron chi connectivity index (χ3n) is 12.7. The van der Waals surface area contributed by atoms with E-state index in [1.807, 2.05) is 0 Å². The molecule has 6 heteroatoms. The minimum atomic E-state index is -0.797. The van der Waals surface area contributed by atoms with Crippen LogP contribution in [0.1, 0.15) is 284 Å². The van der Waals surface area contributed by atoms with Crippen LogP contribution in [-0.2, 0) is 28.6 Å². The molecule has 0 saturated heterocycles. The van der Waals surface area contributed by atoms with Gasteiger partial charge in [-0.2, -0.15) is 0 Å². The Bertz CT molecular complexity index is 1350. The van der Waals surface area contributed by atoms with E-state index in [0.29, 0.717) is 19.3 Å². The number of allylic oxidation sites excluding steroid dienone is 14. The van der Waals surface area contributed by atoms with Gasteiger partial charge in [0.2, 0.25) is 0 Å². The Morgan fingerprint density at radius 3 is 0.871 bits per heavy atom. The summed E-state index contributed by atoms with van der Waals surface area (Å²) in [4.78, 5) is 38.2. The van der Waals surface area contributed by atoms with Crippen LogP contribution < -0.4 is 0 Å². The highest BCUT2D eigenvalue weighted by atomic mass is 16.6. The first-order chi connectivity index (χ1) is 34.5. The standard InChI is InChI=1S/C64H110O6/c1-4-7-10-13-16-19-22-25-27-29-30-31-32-33-34-35-37-39-42-45-48-51-54-57-63(66)69-60-61(59-68-62(65)56-53-50-47-44-41-38-24-21-18-15-12-9-6-3)70-64(67)58-55-52-49-46-43-40-36-28-26-23-20-17-14-11-8-5-2/h7,10,16,19,25,27,30-31,33-34,37,39,45,48,61H,4-6,8-9,11-15,17-18,20-24,26,28-29,32,35-36,38,40-44,46-47,49-60H2,1-3H3/b10-7-,19-16-,27-25-,31-30-,34-33-,39-37-,48-45-. The second-order valence-electron chi connectivity index (χ2n) is 19.5. The molecule has 0 aromatic rings. The van der Waals surface area contributed by atoms with Crippen molar-refractivity contribution in [3.63, 3.8) is 0 Å². The number of ether oxygens (including phenoxy) is 3. The summed E-state index contributed by atoms with van der Waals surface area (Å²) < 4.78 is 16.8. The Morgan fingerprint density at radius 1 is 0.300 bits per heavy atom. The highest BCUT2D eigenvalue weighted by Gasteiger charge is 2.19. The summed E-state index contributed by atoms with van der Waals surface area (Å²) in [5.41, 5.74) is 0. The van der Waals surface area contributed by atoms with Crippen LogP contribution in [0.5, 0.6) is 0 Å². The highest BCUT2D eigenvalue weighted by molar-refractivity contribution is 5.71. The maximum absolute atomic E-state index is 12.9. The maximum Gasteiger partial charge on any atom is 0.306 e. The second kappa shape index (κ2) is 58.2. The molecule has 0 bridgehead atoms. The molecule has 0 aromatic heterocycles. The fraction of sp³-hybridized carbons (Fsp3) is 0.734. The lowest BCUT2D eigenvalue weighted by Gasteiger charge is -2.18. The minimum absolute atomic E-state index is 0.0907. The molecule has 0 spiro atoms. The molecule has 70 heavy (non-hydrogen) atoms. The van der Waals surface area contributed by atoms with E-state index in [1.54, 1.807) is 0 Å². The molecule has 0 amide bonds. The van der Waals surface area contributed by atoms with Crippen molar-refractivity contribution in [1.29, 1.82) is 0 Å². The first-order valence-corrected chi connectivity index (χ1v) is 29.6. The first kappa shape index (κ1) is 66.6. The van der Waals surface area contributed by atoms with E-state index < -0.39 is 6.10 Å². The van der Waals surface area contributed by atoms with Gasteiger partial charge in [0, 0.05) is 19.3 Å². The molecule has 0 radical (unpaired) electrons. The van der Waals surface area contributed by atoms with Crippen LogP contribution in [0, 0.1) is 0 Å². The van der Waals surface area contributed by atoms with Crippen LogP contribution in [0.2, 0.25) is 0 Å². The van der Waals surface area contributed by atoms with Crippen molar-refractivity contribution >= 4 is 17.9 Å². The van der Waals surface area contributed by atoms with Gasteiger partial charge < -0.3 is 14.2 Å². The quantitative estimate of drug-likeness (QED) is 0.0261. The Hall–Kier alpha value is -3.41. The third-order valence-corrected chi connectivity index (χ3v) is 12.7. The number of unbranched alkanes of at least 4 members (excludes halogenated alkanes) is 28. The van der Waals surface area contributed by atoms with E-state index in [4.69, 9.17) is 14.2 Å². The number of esters is 3. The van der Waals surface area contributed by atoms with Gasteiger partial charge in [0.1, 0.15) is 13.2 Å². The molecule has 1 atom stereocenters. The normalized spacial score (nSPS) is 12.7. The molecular formula is C64H110O6. The van der Waals surface area contributed by atoms with Gasteiger partial charge in [-0.3, -0.25) is 14.4 Å². The zero-order valence-electron chi connectivity index (χ0n) is 46.0. The van der Waals surface area contributed by atoms with Gasteiger partial charge in [0.05, 0.1) is 0 Å². The van der Waals surface area contributed by atoms with E-state index in [0.717, 1.165) is 89.9 Å². The van der Waals surface area contributed by atoms with Gasteiger partial charge in [-0.1, -0.05) is 279 Å². The van der Waals surface area contributed by atoms with Crippen molar-refractivity contribution in [1.82, 2.24) is 0 Å². The lowest BCUT2D eigenvalue weighted by molar-refractivity contribution is -0.167. The van der Waals surface area contributed by atoms with E-state index in [9.17, 15) is 14.4 Å². The van der Waals surface area contributed by atoms with Crippen molar-refractivity contribution in [3.05, 3.63) is 85.1 Å². The largest absolute Gasteiger partial charge is 0.462 e. The average molecular weight is 976 g/mol. The molecule has 0 aliphatic heterocycles. The fourth-order valence-electron chi connectivity index (χ4n) is 8.26. The topological polar surface area (TPSA) is 78.9 Å². The fourth-order valence-corrected chi connectivity index (χ4v) is 8.26. The molecule has 0 N–H and O–H groups in total. The second-order valence-corrected chi connectivity index (χ2v) is 19.5.